The molecule has 2 rings (SSSR count). The number of rotatable bonds is 7. The molecule has 2 heterocycles. The lowest BCUT2D eigenvalue weighted by Crippen LogP contribution is -2.57. The lowest BCUT2D eigenvalue weighted by molar-refractivity contribution is 0.109. The molecular weight excluding hydrogens is 260 g/mol. The van der Waals surface area contributed by atoms with E-state index in [4.69, 9.17) is 0 Å². The van der Waals surface area contributed by atoms with E-state index in [9.17, 15) is 0 Å². The molecule has 0 amide bonds. The van der Waals surface area contributed by atoms with Gasteiger partial charge in [0.15, 0.2) is 0 Å². The van der Waals surface area contributed by atoms with Gasteiger partial charge in [-0.15, -0.1) is 0 Å². The first-order valence-corrected chi connectivity index (χ1v) is 8.50. The average Bonchev–Trinajstić information content (AvgIpc) is 3.13. The molecule has 1 unspecified atom stereocenters. The Kier molecular flexibility index (Phi) is 5.44. The van der Waals surface area contributed by atoms with Crippen molar-refractivity contribution in [3.63, 3.8) is 0 Å². The fourth-order valence-electron chi connectivity index (χ4n) is 3.55. The maximum atomic E-state index is 4.69. The van der Waals surface area contributed by atoms with Crippen molar-refractivity contribution < 1.29 is 0 Å². The highest BCUT2D eigenvalue weighted by molar-refractivity contribution is 5.14. The van der Waals surface area contributed by atoms with Gasteiger partial charge in [-0.3, -0.25) is 9.58 Å². The minimum Gasteiger partial charge on any atom is -0.315 e. The number of hydrogen-bond acceptors (Lipinski definition) is 3. The van der Waals surface area contributed by atoms with Crippen molar-refractivity contribution in [2.45, 2.75) is 71.5 Å². The van der Waals surface area contributed by atoms with Crippen LogP contribution in [0.4, 0.5) is 0 Å². The van der Waals surface area contributed by atoms with Gasteiger partial charge in [-0.25, -0.2) is 0 Å². The predicted molar refractivity (Wildman–Crippen MR) is 88.7 cm³/mol. The lowest BCUT2D eigenvalue weighted by Gasteiger charge is -2.42. The van der Waals surface area contributed by atoms with Gasteiger partial charge in [0.2, 0.25) is 0 Å². The third-order valence-corrected chi connectivity index (χ3v) is 5.11. The summed E-state index contributed by atoms with van der Waals surface area (Å²) in [6.45, 7) is 12.5. The Labute approximate surface area is 129 Å². The topological polar surface area (TPSA) is 33.1 Å². The fraction of sp³-hybridized carbons (Fsp3) is 0.824. The van der Waals surface area contributed by atoms with Crippen molar-refractivity contribution in [1.29, 1.82) is 0 Å². The fourth-order valence-corrected chi connectivity index (χ4v) is 3.55. The van der Waals surface area contributed by atoms with Gasteiger partial charge in [-0.1, -0.05) is 6.92 Å². The summed E-state index contributed by atoms with van der Waals surface area (Å²) in [5.74, 6) is 0. The van der Waals surface area contributed by atoms with Gasteiger partial charge in [0, 0.05) is 30.2 Å². The van der Waals surface area contributed by atoms with Gasteiger partial charge in [0.05, 0.1) is 5.69 Å². The maximum Gasteiger partial charge on any atom is 0.0624 e. The maximum absolute atomic E-state index is 4.69. The van der Waals surface area contributed by atoms with Crippen LogP contribution in [0.5, 0.6) is 0 Å². The molecule has 4 nitrogen and oxygen atoms in total. The standard InChI is InChI=1S/C17H32N4/c1-6-14-12-15(21(7-2)19-14)13-16(18-5)17(3,4)20-10-8-9-11-20/h12,16,18H,6-11,13H2,1-5H3. The summed E-state index contributed by atoms with van der Waals surface area (Å²) in [5, 5.41) is 8.25. The van der Waals surface area contributed by atoms with Gasteiger partial charge in [0.25, 0.3) is 0 Å². The third kappa shape index (κ3) is 3.49. The highest BCUT2D eigenvalue weighted by atomic mass is 15.3. The van der Waals surface area contributed by atoms with Crippen LogP contribution < -0.4 is 5.32 Å². The zero-order valence-corrected chi connectivity index (χ0v) is 14.4. The number of nitrogens with one attached hydrogen (secondary N) is 1. The van der Waals surface area contributed by atoms with Gasteiger partial charge in [-0.05, 0) is 66.2 Å². The van der Waals surface area contributed by atoms with E-state index >= 15 is 0 Å². The Morgan fingerprint density at radius 1 is 1.29 bits per heavy atom. The number of aromatic nitrogens is 2. The molecule has 1 fully saturated rings. The molecule has 120 valence electrons. The second-order valence-electron chi connectivity index (χ2n) is 6.69. The monoisotopic (exact) mass is 292 g/mol. The highest BCUT2D eigenvalue weighted by Crippen LogP contribution is 2.26. The number of nitrogens with zero attached hydrogens (tertiary/aromatic N) is 3. The first-order chi connectivity index (χ1) is 10.0. The summed E-state index contributed by atoms with van der Waals surface area (Å²) in [4.78, 5) is 2.64. The van der Waals surface area contributed by atoms with Crippen molar-refractivity contribution in [3.05, 3.63) is 17.5 Å². The van der Waals surface area contributed by atoms with Crippen LogP contribution in [0, 0.1) is 0 Å². The summed E-state index contributed by atoms with van der Waals surface area (Å²) in [5.41, 5.74) is 2.75. The van der Waals surface area contributed by atoms with Crippen LogP contribution in [0.25, 0.3) is 0 Å². The molecule has 0 aliphatic carbocycles. The molecule has 1 aromatic heterocycles. The zero-order chi connectivity index (χ0) is 15.5. The smallest absolute Gasteiger partial charge is 0.0624 e. The minimum atomic E-state index is 0.181. The van der Waals surface area contributed by atoms with Crippen molar-refractivity contribution in [3.8, 4) is 0 Å². The van der Waals surface area contributed by atoms with E-state index in [1.165, 1.54) is 37.3 Å². The van der Waals surface area contributed by atoms with Crippen molar-refractivity contribution in [2.24, 2.45) is 0 Å². The molecule has 0 spiro atoms. The van der Waals surface area contributed by atoms with Crippen LogP contribution in [-0.2, 0) is 19.4 Å². The second kappa shape index (κ2) is 6.93. The average molecular weight is 292 g/mol. The van der Waals surface area contributed by atoms with Crippen LogP contribution in [0.1, 0.15) is 51.9 Å². The first-order valence-electron chi connectivity index (χ1n) is 8.50. The minimum absolute atomic E-state index is 0.181. The van der Waals surface area contributed by atoms with Gasteiger partial charge in [-0.2, -0.15) is 5.10 Å². The van der Waals surface area contributed by atoms with E-state index in [-0.39, 0.29) is 5.54 Å². The van der Waals surface area contributed by atoms with Gasteiger partial charge in [0.1, 0.15) is 0 Å². The van der Waals surface area contributed by atoms with Crippen LogP contribution in [-0.4, -0.2) is 46.4 Å². The molecule has 1 aromatic rings. The Balaban J connectivity index is 2.16. The summed E-state index contributed by atoms with van der Waals surface area (Å²) in [6.07, 6.45) is 4.74. The van der Waals surface area contributed by atoms with Gasteiger partial charge >= 0.3 is 0 Å². The van der Waals surface area contributed by atoms with Crippen LogP contribution in [0.15, 0.2) is 6.07 Å². The van der Waals surface area contributed by atoms with Crippen molar-refractivity contribution >= 4 is 0 Å². The summed E-state index contributed by atoms with van der Waals surface area (Å²) in [6, 6.07) is 2.73. The van der Waals surface area contributed by atoms with E-state index in [1.807, 2.05) is 0 Å². The van der Waals surface area contributed by atoms with E-state index in [0.717, 1.165) is 19.4 Å². The molecule has 4 heteroatoms. The Morgan fingerprint density at radius 2 is 1.95 bits per heavy atom. The Hall–Kier alpha value is -0.870. The SMILES string of the molecule is CCc1cc(CC(NC)C(C)(C)N2CCCC2)n(CC)n1. The van der Waals surface area contributed by atoms with E-state index < -0.39 is 0 Å². The molecule has 1 aliphatic heterocycles. The van der Waals surface area contributed by atoms with E-state index in [0.29, 0.717) is 6.04 Å². The van der Waals surface area contributed by atoms with Crippen LogP contribution >= 0.6 is 0 Å². The largest absolute Gasteiger partial charge is 0.315 e. The van der Waals surface area contributed by atoms with E-state index in [1.54, 1.807) is 0 Å². The normalized spacial score (nSPS) is 18.3. The number of aryl methyl sites for hydroxylation is 2. The van der Waals surface area contributed by atoms with E-state index in [2.05, 4.69) is 60.8 Å². The number of likely N-dealkylation sites (tertiary alicyclic amines) is 1. The molecule has 0 aromatic carbocycles. The number of likely N-dealkylation sites (N-methyl/N-ethyl adjacent to an activating group) is 1. The predicted octanol–water partition coefficient (Wildman–Crippen LogP) is 2.47. The molecule has 0 saturated carbocycles. The van der Waals surface area contributed by atoms with Crippen LogP contribution in [0.3, 0.4) is 0 Å². The molecule has 1 N–H and O–H groups in total. The second-order valence-corrected chi connectivity index (χ2v) is 6.69. The molecule has 1 atom stereocenters. The third-order valence-electron chi connectivity index (χ3n) is 5.11. The van der Waals surface area contributed by atoms with Crippen molar-refractivity contribution in [1.82, 2.24) is 20.0 Å². The number of hydrogen-bond donors (Lipinski definition) is 1. The molecule has 1 saturated heterocycles. The first kappa shape index (κ1) is 16.5. The van der Waals surface area contributed by atoms with Gasteiger partial charge < -0.3 is 5.32 Å². The molecule has 0 radical (unpaired) electrons. The summed E-state index contributed by atoms with van der Waals surface area (Å²) in [7, 11) is 2.09. The summed E-state index contributed by atoms with van der Waals surface area (Å²) >= 11 is 0. The molecular formula is C17H32N4. The Bertz CT molecular complexity index is 444. The highest BCUT2D eigenvalue weighted by Gasteiger charge is 2.36. The molecule has 1 aliphatic rings. The quantitative estimate of drug-likeness (QED) is 0.838. The lowest BCUT2D eigenvalue weighted by atomic mass is 9.89. The zero-order valence-electron chi connectivity index (χ0n) is 14.4. The Morgan fingerprint density at radius 3 is 2.48 bits per heavy atom. The molecule has 0 bridgehead atoms. The summed E-state index contributed by atoms with van der Waals surface area (Å²) < 4.78 is 2.17. The van der Waals surface area contributed by atoms with Crippen molar-refractivity contribution in [2.75, 3.05) is 20.1 Å². The van der Waals surface area contributed by atoms with Crippen LogP contribution in [0.2, 0.25) is 0 Å². The molecule has 21 heavy (non-hydrogen) atoms.